The van der Waals surface area contributed by atoms with E-state index in [9.17, 15) is 9.59 Å². The summed E-state index contributed by atoms with van der Waals surface area (Å²) in [5.74, 6) is -0.109. The predicted molar refractivity (Wildman–Crippen MR) is 52.2 cm³/mol. The van der Waals surface area contributed by atoms with Crippen LogP contribution in [-0.4, -0.2) is 21.4 Å². The molecule has 0 bridgehead atoms. The summed E-state index contributed by atoms with van der Waals surface area (Å²) in [5.41, 5.74) is -0.758. The van der Waals surface area contributed by atoms with Crippen LogP contribution in [0.15, 0.2) is 0 Å². The molecule has 0 radical (unpaired) electrons. The van der Waals surface area contributed by atoms with Gasteiger partial charge in [-0.2, -0.15) is 0 Å². The average Bonchev–Trinajstić information content (AvgIpc) is 2.30. The maximum Gasteiger partial charge on any atom is 0.335 e. The molecule has 0 aromatic rings. The monoisotopic (exact) mass is 248 g/mol. The second kappa shape index (κ2) is 3.29. The van der Waals surface area contributed by atoms with Crippen molar-refractivity contribution in [3.8, 4) is 0 Å². The third-order valence-electron chi connectivity index (χ3n) is 2.84. The van der Waals surface area contributed by atoms with Gasteiger partial charge in [-0.1, -0.05) is 20.3 Å². The predicted octanol–water partition coefficient (Wildman–Crippen LogP) is 1.65. The number of carbonyl (C=O) groups is 2. The summed E-state index contributed by atoms with van der Waals surface area (Å²) in [6, 6.07) is -0.382. The van der Waals surface area contributed by atoms with Gasteiger partial charge in [-0.05, 0) is 12.8 Å². The van der Waals surface area contributed by atoms with Gasteiger partial charge < -0.3 is 0 Å². The highest BCUT2D eigenvalue weighted by Crippen LogP contribution is 2.33. The van der Waals surface area contributed by atoms with Crippen LogP contribution in [-0.2, 0) is 4.79 Å². The summed E-state index contributed by atoms with van der Waals surface area (Å²) in [5, 5.41) is 2.27. The van der Waals surface area contributed by atoms with Gasteiger partial charge in [-0.3, -0.25) is 10.1 Å². The molecule has 1 rings (SSSR count). The molecule has 3 amide bonds. The fourth-order valence-electron chi connectivity index (χ4n) is 1.39. The normalized spacial score (nSPS) is 30.6. The van der Waals surface area contributed by atoms with E-state index >= 15 is 0 Å². The minimum absolute atomic E-state index is 0.123. The third kappa shape index (κ3) is 1.35. The van der Waals surface area contributed by atoms with Gasteiger partial charge in [-0.25, -0.2) is 8.72 Å². The zero-order valence-corrected chi connectivity index (χ0v) is 9.51. The lowest BCUT2D eigenvalue weighted by Gasteiger charge is -2.31. The van der Waals surface area contributed by atoms with Crippen LogP contribution in [0.3, 0.4) is 0 Å². The molecule has 0 aromatic heterocycles. The highest BCUT2D eigenvalue weighted by atomic mass is 79.9. The van der Waals surface area contributed by atoms with Gasteiger partial charge >= 0.3 is 6.03 Å². The first-order chi connectivity index (χ1) is 5.94. The van der Waals surface area contributed by atoms with Crippen LogP contribution in [0, 0.1) is 5.92 Å². The van der Waals surface area contributed by atoms with Gasteiger partial charge in [0.25, 0.3) is 5.91 Å². The lowest BCUT2D eigenvalue weighted by atomic mass is 9.85. The molecular weight excluding hydrogens is 236 g/mol. The second-order valence-electron chi connectivity index (χ2n) is 3.50. The SMILES string of the molecule is CCC(C)C1(C)C(=O)NC(=O)N1Br. The quantitative estimate of drug-likeness (QED) is 0.597. The molecule has 2 unspecified atom stereocenters. The minimum atomic E-state index is -0.758. The molecule has 1 heterocycles. The zero-order chi connectivity index (χ0) is 10.2. The highest BCUT2D eigenvalue weighted by Gasteiger charge is 2.51. The van der Waals surface area contributed by atoms with Crippen molar-refractivity contribution in [2.75, 3.05) is 0 Å². The van der Waals surface area contributed by atoms with E-state index < -0.39 is 5.54 Å². The van der Waals surface area contributed by atoms with Crippen molar-refractivity contribution >= 4 is 28.1 Å². The van der Waals surface area contributed by atoms with Crippen molar-refractivity contribution < 1.29 is 9.59 Å². The Kier molecular flexibility index (Phi) is 2.66. The van der Waals surface area contributed by atoms with E-state index in [4.69, 9.17) is 0 Å². The number of rotatable bonds is 2. The number of amides is 3. The number of imide groups is 1. The first kappa shape index (κ1) is 10.5. The molecule has 5 heteroatoms. The van der Waals surface area contributed by atoms with Crippen LogP contribution in [0.25, 0.3) is 0 Å². The summed E-state index contributed by atoms with van der Waals surface area (Å²) < 4.78 is 1.30. The molecular formula is C8H13BrN2O2. The van der Waals surface area contributed by atoms with Gasteiger partial charge in [0.15, 0.2) is 0 Å². The Morgan fingerprint density at radius 3 is 2.46 bits per heavy atom. The van der Waals surface area contributed by atoms with Crippen LogP contribution in [0.1, 0.15) is 27.2 Å². The average molecular weight is 249 g/mol. The van der Waals surface area contributed by atoms with Crippen molar-refractivity contribution in [1.82, 2.24) is 9.24 Å². The van der Waals surface area contributed by atoms with Crippen LogP contribution < -0.4 is 5.32 Å². The van der Waals surface area contributed by atoms with Gasteiger partial charge in [0.1, 0.15) is 5.54 Å². The van der Waals surface area contributed by atoms with Gasteiger partial charge in [0.05, 0.1) is 16.1 Å². The molecule has 2 atom stereocenters. The molecule has 13 heavy (non-hydrogen) atoms. The van der Waals surface area contributed by atoms with Crippen molar-refractivity contribution in [3.05, 3.63) is 0 Å². The number of halogens is 1. The first-order valence-corrected chi connectivity index (χ1v) is 4.97. The molecule has 1 aliphatic heterocycles. The maximum absolute atomic E-state index is 11.5. The highest BCUT2D eigenvalue weighted by molar-refractivity contribution is 9.07. The molecule has 1 fully saturated rings. The van der Waals surface area contributed by atoms with Crippen molar-refractivity contribution in [1.29, 1.82) is 0 Å². The molecule has 1 aliphatic rings. The Labute approximate surface area is 86.0 Å². The standard InChI is InChI=1S/C8H13BrN2O2/c1-4-5(2)8(3)6(12)10-7(13)11(8)9/h5H,4H2,1-3H3,(H,10,12,13). The molecule has 4 nitrogen and oxygen atoms in total. The Hall–Kier alpha value is -0.580. The minimum Gasteiger partial charge on any atom is -0.275 e. The Bertz CT molecular complexity index is 257. The van der Waals surface area contributed by atoms with Crippen LogP contribution >= 0.6 is 16.1 Å². The van der Waals surface area contributed by atoms with E-state index in [0.717, 1.165) is 6.42 Å². The summed E-state index contributed by atoms with van der Waals surface area (Å²) in [7, 11) is 0. The van der Waals surface area contributed by atoms with Crippen LogP contribution in [0.4, 0.5) is 4.79 Å². The van der Waals surface area contributed by atoms with Crippen molar-refractivity contribution in [2.24, 2.45) is 5.92 Å². The zero-order valence-electron chi connectivity index (χ0n) is 7.93. The summed E-state index contributed by atoms with van der Waals surface area (Å²) >= 11 is 3.11. The van der Waals surface area contributed by atoms with Crippen LogP contribution in [0.5, 0.6) is 0 Å². The fourth-order valence-corrected chi connectivity index (χ4v) is 1.99. The number of carbonyl (C=O) groups excluding carboxylic acids is 2. The third-order valence-corrected chi connectivity index (χ3v) is 3.90. The second-order valence-corrected chi connectivity index (χ2v) is 4.21. The first-order valence-electron chi connectivity index (χ1n) is 4.26. The number of nitrogens with zero attached hydrogens (tertiary/aromatic N) is 1. The molecule has 1 N–H and O–H groups in total. The summed E-state index contributed by atoms with van der Waals surface area (Å²) in [6.45, 7) is 5.70. The van der Waals surface area contributed by atoms with E-state index in [2.05, 4.69) is 21.5 Å². The van der Waals surface area contributed by atoms with E-state index in [-0.39, 0.29) is 17.9 Å². The lowest BCUT2D eigenvalue weighted by molar-refractivity contribution is -0.126. The number of hydrogen-bond donors (Lipinski definition) is 1. The molecule has 74 valence electrons. The van der Waals surface area contributed by atoms with Gasteiger partial charge in [0, 0.05) is 0 Å². The Morgan fingerprint density at radius 2 is 2.15 bits per heavy atom. The topological polar surface area (TPSA) is 49.4 Å². The van der Waals surface area contributed by atoms with E-state index in [1.54, 1.807) is 6.92 Å². The van der Waals surface area contributed by atoms with Gasteiger partial charge in [0.2, 0.25) is 0 Å². The van der Waals surface area contributed by atoms with E-state index in [1.165, 1.54) is 3.93 Å². The van der Waals surface area contributed by atoms with Crippen molar-refractivity contribution in [3.63, 3.8) is 0 Å². The van der Waals surface area contributed by atoms with Crippen LogP contribution in [0.2, 0.25) is 0 Å². The number of nitrogens with one attached hydrogen (secondary N) is 1. The smallest absolute Gasteiger partial charge is 0.275 e. The van der Waals surface area contributed by atoms with Crippen molar-refractivity contribution in [2.45, 2.75) is 32.7 Å². The maximum atomic E-state index is 11.5. The molecule has 1 saturated heterocycles. The number of hydrogen-bond acceptors (Lipinski definition) is 2. The van der Waals surface area contributed by atoms with Gasteiger partial charge in [-0.15, -0.1) is 0 Å². The lowest BCUT2D eigenvalue weighted by Crippen LogP contribution is -2.47. The molecule has 0 saturated carbocycles. The summed E-state index contributed by atoms with van der Waals surface area (Å²) in [6.07, 6.45) is 0.847. The molecule has 0 aromatic carbocycles. The fraction of sp³-hybridized carbons (Fsp3) is 0.750. The summed E-state index contributed by atoms with van der Waals surface area (Å²) in [4.78, 5) is 22.7. The van der Waals surface area contributed by atoms with E-state index in [1.807, 2.05) is 13.8 Å². The Balaban J connectivity index is 3.00. The number of urea groups is 1. The molecule has 0 spiro atoms. The molecule has 0 aliphatic carbocycles. The van der Waals surface area contributed by atoms with E-state index in [0.29, 0.717) is 0 Å². The largest absolute Gasteiger partial charge is 0.335 e. The Morgan fingerprint density at radius 1 is 1.62 bits per heavy atom.